The Bertz CT molecular complexity index is 2790. The molecule has 0 N–H and O–H groups in total. The Morgan fingerprint density at radius 2 is 0.848 bits per heavy atom. The van der Waals surface area contributed by atoms with Gasteiger partial charge in [-0.15, -0.1) is 0 Å². The van der Waals surface area contributed by atoms with Gasteiger partial charge in [0.05, 0.1) is 33.3 Å². The van der Waals surface area contributed by atoms with Crippen LogP contribution in [0.3, 0.4) is 0 Å². The van der Waals surface area contributed by atoms with Gasteiger partial charge < -0.3 is 9.13 Å². The first-order valence-corrected chi connectivity index (χ1v) is 15.7. The highest BCUT2D eigenvalue weighted by molar-refractivity contribution is 6.20. The Morgan fingerprint density at radius 1 is 0.326 bits per heavy atom. The number of fused-ring (bicyclic) bond motifs is 9. The van der Waals surface area contributed by atoms with Gasteiger partial charge in [0.25, 0.3) is 0 Å². The van der Waals surface area contributed by atoms with Gasteiger partial charge >= 0.3 is 0 Å². The van der Waals surface area contributed by atoms with Gasteiger partial charge in [-0.3, -0.25) is 0 Å². The number of rotatable bonds is 3. The summed E-state index contributed by atoms with van der Waals surface area (Å²) in [6.45, 7) is 0. The van der Waals surface area contributed by atoms with Crippen molar-refractivity contribution in [1.29, 1.82) is 0 Å². The molecule has 46 heavy (non-hydrogen) atoms. The molecule has 3 heterocycles. The summed E-state index contributed by atoms with van der Waals surface area (Å²) < 4.78 is 4.81. The SMILES string of the molecule is c1ccc(-n2c3ccccc3c3cc4c5cc(-c6nc7ccccc7c7ccccc67)ccc5n(-c5ccccc5)c4cc32)cc1. The van der Waals surface area contributed by atoms with E-state index in [2.05, 4.69) is 173 Å². The largest absolute Gasteiger partial charge is 0.309 e. The molecule has 0 bridgehead atoms. The zero-order valence-corrected chi connectivity index (χ0v) is 24.9. The smallest absolute Gasteiger partial charge is 0.0788 e. The molecule has 0 unspecified atom stereocenters. The van der Waals surface area contributed by atoms with E-state index < -0.39 is 0 Å². The van der Waals surface area contributed by atoms with Crippen LogP contribution in [0.15, 0.2) is 164 Å². The first kappa shape index (κ1) is 25.2. The molecular formula is C43H27N3. The molecule has 10 aromatic rings. The number of hydrogen-bond acceptors (Lipinski definition) is 1. The first-order valence-electron chi connectivity index (χ1n) is 15.7. The van der Waals surface area contributed by atoms with Gasteiger partial charge in [0, 0.05) is 49.3 Å². The Balaban J connectivity index is 1.34. The van der Waals surface area contributed by atoms with Crippen molar-refractivity contribution >= 4 is 65.3 Å². The van der Waals surface area contributed by atoms with Crippen LogP contribution in [0.2, 0.25) is 0 Å². The highest BCUT2D eigenvalue weighted by Crippen LogP contribution is 2.41. The fraction of sp³-hybridized carbons (Fsp3) is 0. The lowest BCUT2D eigenvalue weighted by molar-refractivity contribution is 1.16. The topological polar surface area (TPSA) is 22.8 Å². The van der Waals surface area contributed by atoms with E-state index in [0.717, 1.165) is 28.1 Å². The van der Waals surface area contributed by atoms with Crippen LogP contribution in [-0.2, 0) is 0 Å². The minimum atomic E-state index is 1.01. The Labute approximate surface area is 265 Å². The number of pyridine rings is 1. The van der Waals surface area contributed by atoms with E-state index >= 15 is 0 Å². The van der Waals surface area contributed by atoms with Gasteiger partial charge in [0.15, 0.2) is 0 Å². The zero-order chi connectivity index (χ0) is 30.2. The Hall–Kier alpha value is -6.19. The van der Waals surface area contributed by atoms with Crippen molar-refractivity contribution in [2.24, 2.45) is 0 Å². The molecule has 0 saturated heterocycles. The number of nitrogens with zero attached hydrogens (tertiary/aromatic N) is 3. The van der Waals surface area contributed by atoms with E-state index in [9.17, 15) is 0 Å². The average Bonchev–Trinajstić information content (AvgIpc) is 3.62. The summed E-state index contributed by atoms with van der Waals surface area (Å²) in [5.74, 6) is 0. The molecule has 7 aromatic carbocycles. The second-order valence-corrected chi connectivity index (χ2v) is 12.0. The van der Waals surface area contributed by atoms with E-state index in [1.807, 2.05) is 0 Å². The van der Waals surface area contributed by atoms with E-state index in [0.29, 0.717) is 0 Å². The van der Waals surface area contributed by atoms with Crippen LogP contribution in [0.1, 0.15) is 0 Å². The van der Waals surface area contributed by atoms with Crippen molar-refractivity contribution in [2.45, 2.75) is 0 Å². The van der Waals surface area contributed by atoms with Crippen molar-refractivity contribution in [1.82, 2.24) is 14.1 Å². The van der Waals surface area contributed by atoms with Crippen LogP contribution >= 0.6 is 0 Å². The predicted octanol–water partition coefficient (Wildman–Crippen LogP) is 11.2. The molecule has 214 valence electrons. The third-order valence-corrected chi connectivity index (χ3v) is 9.47. The number of benzene rings is 7. The van der Waals surface area contributed by atoms with Gasteiger partial charge in [-0.25, -0.2) is 4.98 Å². The quantitative estimate of drug-likeness (QED) is 0.189. The summed E-state index contributed by atoms with van der Waals surface area (Å²) in [4.78, 5) is 5.24. The fourth-order valence-corrected chi connectivity index (χ4v) is 7.46. The lowest BCUT2D eigenvalue weighted by Crippen LogP contribution is -1.95. The van der Waals surface area contributed by atoms with E-state index in [-0.39, 0.29) is 0 Å². The molecule has 0 spiro atoms. The second kappa shape index (κ2) is 9.65. The fourth-order valence-electron chi connectivity index (χ4n) is 7.46. The highest BCUT2D eigenvalue weighted by atomic mass is 15.0. The third-order valence-electron chi connectivity index (χ3n) is 9.47. The number of hydrogen-bond donors (Lipinski definition) is 0. The molecule has 0 aliphatic carbocycles. The van der Waals surface area contributed by atoms with Gasteiger partial charge in [0.2, 0.25) is 0 Å². The van der Waals surface area contributed by atoms with Crippen LogP contribution in [-0.4, -0.2) is 14.1 Å². The first-order chi connectivity index (χ1) is 22.8. The average molecular weight is 586 g/mol. The minimum absolute atomic E-state index is 1.01. The van der Waals surface area contributed by atoms with Gasteiger partial charge in [-0.05, 0) is 66.0 Å². The van der Waals surface area contributed by atoms with Gasteiger partial charge in [0.1, 0.15) is 0 Å². The van der Waals surface area contributed by atoms with Crippen molar-refractivity contribution in [3.05, 3.63) is 164 Å². The Morgan fingerprint density at radius 3 is 1.57 bits per heavy atom. The van der Waals surface area contributed by atoms with Crippen molar-refractivity contribution in [3.63, 3.8) is 0 Å². The van der Waals surface area contributed by atoms with Crippen LogP contribution in [0.5, 0.6) is 0 Å². The lowest BCUT2D eigenvalue weighted by Gasteiger charge is -2.11. The molecule has 0 radical (unpaired) electrons. The summed E-state index contributed by atoms with van der Waals surface area (Å²) in [5, 5.41) is 8.52. The summed E-state index contributed by atoms with van der Waals surface area (Å²) in [6.07, 6.45) is 0. The molecule has 3 nitrogen and oxygen atoms in total. The molecule has 10 rings (SSSR count). The van der Waals surface area contributed by atoms with E-state index in [1.54, 1.807) is 0 Å². The van der Waals surface area contributed by atoms with Crippen LogP contribution in [0.4, 0.5) is 0 Å². The molecule has 3 heteroatoms. The van der Waals surface area contributed by atoms with Crippen LogP contribution < -0.4 is 0 Å². The summed E-state index contributed by atoms with van der Waals surface area (Å²) >= 11 is 0. The molecule has 3 aromatic heterocycles. The molecule has 0 aliphatic heterocycles. The van der Waals surface area contributed by atoms with Gasteiger partial charge in [-0.1, -0.05) is 103 Å². The highest BCUT2D eigenvalue weighted by Gasteiger charge is 2.19. The summed E-state index contributed by atoms with van der Waals surface area (Å²) in [5.41, 5.74) is 10.2. The van der Waals surface area contributed by atoms with Crippen molar-refractivity contribution in [2.75, 3.05) is 0 Å². The molecular weight excluding hydrogens is 558 g/mol. The zero-order valence-electron chi connectivity index (χ0n) is 24.9. The lowest BCUT2D eigenvalue weighted by atomic mass is 9.98. The normalized spacial score (nSPS) is 11.9. The van der Waals surface area contributed by atoms with E-state index in [1.165, 1.54) is 59.8 Å². The van der Waals surface area contributed by atoms with Crippen molar-refractivity contribution < 1.29 is 0 Å². The Kier molecular flexibility index (Phi) is 5.28. The minimum Gasteiger partial charge on any atom is -0.309 e. The molecule has 0 amide bonds. The maximum atomic E-state index is 5.24. The maximum absolute atomic E-state index is 5.24. The maximum Gasteiger partial charge on any atom is 0.0788 e. The summed E-state index contributed by atoms with van der Waals surface area (Å²) in [6, 6.07) is 58.9. The molecule has 0 saturated carbocycles. The molecule has 0 aliphatic rings. The predicted molar refractivity (Wildman–Crippen MR) is 193 cm³/mol. The summed E-state index contributed by atoms with van der Waals surface area (Å²) in [7, 11) is 0. The number of para-hydroxylation sites is 4. The second-order valence-electron chi connectivity index (χ2n) is 12.0. The standard InChI is InChI=1S/C43H27N3/c1-3-13-29(14-4-1)45-39-22-12-10-19-33(39)36-26-37-35-25-28(43-34-20-8-7-17-31(34)32-18-9-11-21-38(32)44-43)23-24-40(35)46(42(37)27-41(36)45)30-15-5-2-6-16-30/h1-27H. The van der Waals surface area contributed by atoms with E-state index in [4.69, 9.17) is 4.98 Å². The molecule has 0 atom stereocenters. The van der Waals surface area contributed by atoms with Crippen LogP contribution in [0.25, 0.3) is 87.9 Å². The molecule has 0 fully saturated rings. The van der Waals surface area contributed by atoms with Gasteiger partial charge in [-0.2, -0.15) is 0 Å². The number of aromatic nitrogens is 3. The monoisotopic (exact) mass is 585 g/mol. The van der Waals surface area contributed by atoms with Crippen molar-refractivity contribution in [3.8, 4) is 22.6 Å². The van der Waals surface area contributed by atoms with Crippen LogP contribution in [0, 0.1) is 0 Å². The third kappa shape index (κ3) is 3.57.